The van der Waals surface area contributed by atoms with Crippen molar-refractivity contribution in [3.63, 3.8) is 0 Å². The van der Waals surface area contributed by atoms with Gasteiger partial charge in [-0.05, 0) is 29.8 Å². The minimum Gasteiger partial charge on any atom is -0.492 e. The fourth-order valence-electron chi connectivity index (χ4n) is 1.28. The second-order valence-electron chi connectivity index (χ2n) is 3.22. The quantitative estimate of drug-likeness (QED) is 0.803. The normalized spacial score (nSPS) is 11.5. The number of aliphatic hydroxyl groups is 1. The number of para-hydroxylation sites is 1. The lowest BCUT2D eigenvalue weighted by Crippen LogP contribution is -2.08. The van der Waals surface area contributed by atoms with Crippen molar-refractivity contribution >= 4 is 11.8 Å². The molecule has 0 spiro atoms. The Morgan fingerprint density at radius 3 is 2.59 bits per heavy atom. The number of halogens is 3. The van der Waals surface area contributed by atoms with Crippen LogP contribution in [0.2, 0.25) is 0 Å². The molecule has 96 valence electrons. The molecule has 0 amide bonds. The van der Waals surface area contributed by atoms with Gasteiger partial charge in [-0.2, -0.15) is 13.2 Å². The molecule has 6 heteroatoms. The smallest absolute Gasteiger partial charge is 0.441 e. The van der Waals surface area contributed by atoms with Crippen molar-refractivity contribution in [3.8, 4) is 5.75 Å². The van der Waals surface area contributed by atoms with Crippen molar-refractivity contribution in [1.82, 2.24) is 0 Å². The molecule has 2 nitrogen and oxygen atoms in total. The monoisotopic (exact) mass is 266 g/mol. The summed E-state index contributed by atoms with van der Waals surface area (Å²) in [6, 6.07) is 7.00. The fourth-order valence-corrected chi connectivity index (χ4v) is 1.68. The predicted octanol–water partition coefficient (Wildman–Crippen LogP) is 2.85. The summed E-state index contributed by atoms with van der Waals surface area (Å²) in [7, 11) is 0. The van der Waals surface area contributed by atoms with Gasteiger partial charge in [0.15, 0.2) is 0 Å². The average Bonchev–Trinajstić information content (AvgIpc) is 2.25. The minimum absolute atomic E-state index is 0.00732. The molecule has 0 bridgehead atoms. The number of thioether (sulfide) groups is 1. The van der Waals surface area contributed by atoms with Crippen LogP contribution in [0.15, 0.2) is 24.3 Å². The highest BCUT2D eigenvalue weighted by Crippen LogP contribution is 2.30. The standard InChI is InChI=1S/C11H13F3O2S/c12-11(13,14)17-8-7-16-10-4-2-1-3-9(10)5-6-15/h1-4,15H,5-8H2. The van der Waals surface area contributed by atoms with Crippen LogP contribution in [0, 0.1) is 0 Å². The lowest BCUT2D eigenvalue weighted by atomic mass is 10.1. The van der Waals surface area contributed by atoms with Crippen LogP contribution in [0.4, 0.5) is 13.2 Å². The van der Waals surface area contributed by atoms with Crippen LogP contribution < -0.4 is 4.74 Å². The first-order chi connectivity index (χ1) is 8.03. The highest BCUT2D eigenvalue weighted by molar-refractivity contribution is 8.00. The Morgan fingerprint density at radius 2 is 1.94 bits per heavy atom. The van der Waals surface area contributed by atoms with Crippen molar-refractivity contribution in [2.24, 2.45) is 0 Å². The summed E-state index contributed by atoms with van der Waals surface area (Å²) in [6.45, 7) is -0.0235. The van der Waals surface area contributed by atoms with Crippen LogP contribution in [-0.2, 0) is 6.42 Å². The van der Waals surface area contributed by atoms with E-state index >= 15 is 0 Å². The summed E-state index contributed by atoms with van der Waals surface area (Å²) in [5.41, 5.74) is -3.42. The van der Waals surface area contributed by atoms with E-state index in [2.05, 4.69) is 0 Å². The molecule has 1 aromatic carbocycles. The van der Waals surface area contributed by atoms with E-state index in [1.54, 1.807) is 24.3 Å². The molecule has 0 unspecified atom stereocenters. The number of hydrogen-bond acceptors (Lipinski definition) is 3. The van der Waals surface area contributed by atoms with Gasteiger partial charge in [0.2, 0.25) is 0 Å². The van der Waals surface area contributed by atoms with Crippen LogP contribution in [-0.4, -0.2) is 29.6 Å². The largest absolute Gasteiger partial charge is 0.492 e. The zero-order valence-corrected chi connectivity index (χ0v) is 9.85. The molecule has 1 rings (SSSR count). The van der Waals surface area contributed by atoms with Gasteiger partial charge in [0.05, 0.1) is 6.61 Å². The van der Waals surface area contributed by atoms with E-state index in [1.165, 1.54) is 0 Å². The zero-order valence-electron chi connectivity index (χ0n) is 9.04. The summed E-state index contributed by atoms with van der Waals surface area (Å²) in [5, 5.41) is 8.81. The molecule has 17 heavy (non-hydrogen) atoms. The van der Waals surface area contributed by atoms with E-state index in [0.29, 0.717) is 12.2 Å². The lowest BCUT2D eigenvalue weighted by molar-refractivity contribution is -0.0329. The van der Waals surface area contributed by atoms with Crippen LogP contribution in [0.5, 0.6) is 5.75 Å². The lowest BCUT2D eigenvalue weighted by Gasteiger charge is -2.11. The zero-order chi connectivity index (χ0) is 12.7. The van der Waals surface area contributed by atoms with Crippen molar-refractivity contribution < 1.29 is 23.0 Å². The van der Waals surface area contributed by atoms with Gasteiger partial charge >= 0.3 is 5.51 Å². The number of rotatable bonds is 6. The maximum Gasteiger partial charge on any atom is 0.441 e. The molecule has 0 fully saturated rings. The van der Waals surface area contributed by atoms with E-state index in [9.17, 15) is 13.2 Å². The van der Waals surface area contributed by atoms with Gasteiger partial charge in [-0.1, -0.05) is 18.2 Å². The fraction of sp³-hybridized carbons (Fsp3) is 0.455. The molecule has 0 aliphatic heterocycles. The van der Waals surface area contributed by atoms with E-state index in [-0.39, 0.29) is 30.7 Å². The van der Waals surface area contributed by atoms with Gasteiger partial charge in [-0.25, -0.2) is 0 Å². The maximum atomic E-state index is 11.9. The van der Waals surface area contributed by atoms with Crippen molar-refractivity contribution in [2.45, 2.75) is 11.9 Å². The first-order valence-electron chi connectivity index (χ1n) is 5.05. The molecule has 1 N–H and O–H groups in total. The van der Waals surface area contributed by atoms with Crippen molar-refractivity contribution in [1.29, 1.82) is 0 Å². The second kappa shape index (κ2) is 6.76. The Morgan fingerprint density at radius 1 is 1.24 bits per heavy atom. The maximum absolute atomic E-state index is 11.9. The molecule has 0 saturated heterocycles. The molecule has 0 aliphatic carbocycles. The number of aliphatic hydroxyl groups excluding tert-OH is 1. The Bertz CT molecular complexity index is 342. The first kappa shape index (κ1) is 14.2. The SMILES string of the molecule is OCCc1ccccc1OCCSC(F)(F)F. The minimum atomic E-state index is -4.21. The Labute approximate surface area is 102 Å². The van der Waals surface area contributed by atoms with E-state index < -0.39 is 5.51 Å². The number of hydrogen-bond donors (Lipinski definition) is 1. The third-order valence-electron chi connectivity index (χ3n) is 1.96. The van der Waals surface area contributed by atoms with E-state index in [1.807, 2.05) is 0 Å². The van der Waals surface area contributed by atoms with Gasteiger partial charge in [-0.15, -0.1) is 0 Å². The molecular weight excluding hydrogens is 253 g/mol. The highest BCUT2D eigenvalue weighted by Gasteiger charge is 2.27. The molecule has 0 aliphatic rings. The number of benzene rings is 1. The average molecular weight is 266 g/mol. The van der Waals surface area contributed by atoms with Crippen LogP contribution in [0.1, 0.15) is 5.56 Å². The topological polar surface area (TPSA) is 29.5 Å². The molecule has 0 aromatic heterocycles. The van der Waals surface area contributed by atoms with E-state index in [4.69, 9.17) is 9.84 Å². The predicted molar refractivity (Wildman–Crippen MR) is 61.2 cm³/mol. The highest BCUT2D eigenvalue weighted by atomic mass is 32.2. The number of alkyl halides is 3. The molecule has 0 atom stereocenters. The van der Waals surface area contributed by atoms with Gasteiger partial charge < -0.3 is 9.84 Å². The van der Waals surface area contributed by atoms with Crippen LogP contribution in [0.3, 0.4) is 0 Å². The first-order valence-corrected chi connectivity index (χ1v) is 6.04. The van der Waals surface area contributed by atoms with Gasteiger partial charge in [-0.3, -0.25) is 0 Å². The second-order valence-corrected chi connectivity index (χ2v) is 4.38. The molecule has 0 heterocycles. The van der Waals surface area contributed by atoms with Crippen LogP contribution >= 0.6 is 11.8 Å². The molecule has 0 radical (unpaired) electrons. The Kier molecular flexibility index (Phi) is 5.64. The summed E-state index contributed by atoms with van der Waals surface area (Å²) in [6.07, 6.45) is 0.433. The third kappa shape index (κ3) is 5.83. The Balaban J connectivity index is 2.41. The summed E-state index contributed by atoms with van der Waals surface area (Å²) < 4.78 is 40.8. The van der Waals surface area contributed by atoms with Crippen LogP contribution in [0.25, 0.3) is 0 Å². The van der Waals surface area contributed by atoms with Gasteiger partial charge in [0.25, 0.3) is 0 Å². The van der Waals surface area contributed by atoms with Crippen molar-refractivity contribution in [2.75, 3.05) is 19.0 Å². The number of ether oxygens (including phenoxy) is 1. The third-order valence-corrected chi connectivity index (χ3v) is 2.66. The molecular formula is C11H13F3O2S. The van der Waals surface area contributed by atoms with Gasteiger partial charge in [0, 0.05) is 12.4 Å². The molecule has 1 aromatic rings. The van der Waals surface area contributed by atoms with Gasteiger partial charge in [0.1, 0.15) is 5.75 Å². The van der Waals surface area contributed by atoms with E-state index in [0.717, 1.165) is 5.56 Å². The summed E-state index contributed by atoms with van der Waals surface area (Å²) in [5.74, 6) is 0.390. The summed E-state index contributed by atoms with van der Waals surface area (Å²) in [4.78, 5) is 0. The Hall–Kier alpha value is -0.880. The molecule has 0 saturated carbocycles. The van der Waals surface area contributed by atoms with Crippen molar-refractivity contribution in [3.05, 3.63) is 29.8 Å². The summed E-state index contributed by atoms with van der Waals surface area (Å²) >= 11 is -0.102.